The molecule has 1 saturated heterocycles. The van der Waals surface area contributed by atoms with Crippen molar-refractivity contribution in [3.8, 4) is 0 Å². The quantitative estimate of drug-likeness (QED) is 0.803. The number of hydrogen-bond donors (Lipinski definition) is 2. The summed E-state index contributed by atoms with van der Waals surface area (Å²) < 4.78 is 6.13. The fourth-order valence-electron chi connectivity index (χ4n) is 5.67. The highest BCUT2D eigenvalue weighted by Crippen LogP contribution is 2.52. The van der Waals surface area contributed by atoms with Gasteiger partial charge in [0.1, 0.15) is 11.9 Å². The maximum Gasteiger partial charge on any atom is 0.306 e. The number of carboxylic acid groups (broad SMARTS) is 1. The number of carboxylic acids is 1. The van der Waals surface area contributed by atoms with Crippen molar-refractivity contribution in [2.45, 2.75) is 57.2 Å². The molecule has 3 fully saturated rings. The van der Waals surface area contributed by atoms with Gasteiger partial charge in [-0.05, 0) is 43.6 Å². The Morgan fingerprint density at radius 3 is 2.72 bits per heavy atom. The van der Waals surface area contributed by atoms with Crippen LogP contribution in [0.2, 0.25) is 0 Å². The van der Waals surface area contributed by atoms with Gasteiger partial charge in [-0.2, -0.15) is 0 Å². The number of ketones is 1. The summed E-state index contributed by atoms with van der Waals surface area (Å²) >= 11 is 0. The second-order valence-electron chi connectivity index (χ2n) is 8.09. The van der Waals surface area contributed by atoms with Crippen LogP contribution in [0.5, 0.6) is 0 Å². The molecule has 0 spiro atoms. The van der Waals surface area contributed by atoms with Crippen LogP contribution in [-0.4, -0.2) is 34.2 Å². The van der Waals surface area contributed by atoms with Gasteiger partial charge >= 0.3 is 5.97 Å². The predicted octanol–water partition coefficient (Wildman–Crippen LogP) is 2.69. The summed E-state index contributed by atoms with van der Waals surface area (Å²) in [6.45, 7) is 0. The number of carbonyl (C=O) groups is 2. The average molecular weight is 346 g/mol. The zero-order valence-corrected chi connectivity index (χ0v) is 14.3. The smallest absolute Gasteiger partial charge is 0.306 e. The van der Waals surface area contributed by atoms with Crippen molar-refractivity contribution < 1.29 is 24.5 Å². The molecule has 2 N–H and O–H groups in total. The number of fused-ring (bicyclic) bond motifs is 2. The first-order valence-corrected chi connectivity index (χ1v) is 9.56. The molecule has 0 aromatic heterocycles. The van der Waals surface area contributed by atoms with Crippen LogP contribution in [0.4, 0.5) is 0 Å². The molecule has 4 rings (SSSR count). The number of ether oxygens (including phenoxy) is 1. The van der Waals surface area contributed by atoms with Crippen molar-refractivity contribution in [3.63, 3.8) is 0 Å². The van der Waals surface area contributed by atoms with E-state index in [-0.39, 0.29) is 47.6 Å². The molecule has 136 valence electrons. The predicted molar refractivity (Wildman–Crippen MR) is 90.5 cm³/mol. The van der Waals surface area contributed by atoms with E-state index in [2.05, 4.69) is 0 Å². The zero-order chi connectivity index (χ0) is 17.6. The fraction of sp³-hybridized carbons (Fsp3) is 0.700. The van der Waals surface area contributed by atoms with Gasteiger partial charge in [-0.25, -0.2) is 0 Å². The number of aliphatic hydroxyl groups excluding tert-OH is 1. The minimum absolute atomic E-state index is 0.000794. The maximum absolute atomic E-state index is 11.9. The van der Waals surface area contributed by atoms with Crippen molar-refractivity contribution in [2.75, 3.05) is 0 Å². The Hall–Kier alpha value is -1.62. The van der Waals surface area contributed by atoms with Gasteiger partial charge in [0.2, 0.25) is 0 Å². The molecular weight excluding hydrogens is 320 g/mol. The molecule has 5 nitrogen and oxygen atoms in total. The van der Waals surface area contributed by atoms with Crippen molar-refractivity contribution in [1.82, 2.24) is 0 Å². The number of carbonyl (C=O) groups excluding carboxylic acids is 1. The second kappa shape index (κ2) is 6.60. The van der Waals surface area contributed by atoms with Crippen LogP contribution >= 0.6 is 0 Å². The highest BCUT2D eigenvalue weighted by Gasteiger charge is 2.51. The Kier molecular flexibility index (Phi) is 4.44. The lowest BCUT2D eigenvalue weighted by Gasteiger charge is -2.51. The van der Waals surface area contributed by atoms with Crippen molar-refractivity contribution in [2.24, 2.45) is 29.6 Å². The molecule has 4 aliphatic rings. The standard InChI is InChI=1S/C20H26O5/c21-11-5-7-15-17(9-11)25-18-10-12(22)6-8-16(18)19(15)13-3-1-2-4-14(13)20(23)24/h5,7,9,12-16,18-19,22H,1-4,6,8,10H2,(H,23,24). The molecule has 25 heavy (non-hydrogen) atoms. The lowest BCUT2D eigenvalue weighted by atomic mass is 9.58. The van der Waals surface area contributed by atoms with Gasteiger partial charge in [0.25, 0.3) is 0 Å². The van der Waals surface area contributed by atoms with Gasteiger partial charge in [0.15, 0.2) is 5.78 Å². The molecule has 5 heteroatoms. The Morgan fingerprint density at radius 1 is 1.12 bits per heavy atom. The minimum atomic E-state index is -0.690. The molecule has 7 unspecified atom stereocenters. The number of hydrogen-bond acceptors (Lipinski definition) is 4. The van der Waals surface area contributed by atoms with E-state index in [0.717, 1.165) is 38.5 Å². The third kappa shape index (κ3) is 3.03. The molecule has 7 atom stereocenters. The van der Waals surface area contributed by atoms with Crippen LogP contribution in [-0.2, 0) is 14.3 Å². The molecule has 1 aliphatic heterocycles. The molecule has 0 aromatic rings. The SMILES string of the molecule is O=C1C=CC2C(=C1)OC1CC(O)CCC1C2C1CCCCC1C(=O)O. The monoisotopic (exact) mass is 346 g/mol. The first-order valence-electron chi connectivity index (χ1n) is 9.56. The number of rotatable bonds is 2. The van der Waals surface area contributed by atoms with Crippen LogP contribution in [0, 0.1) is 29.6 Å². The molecule has 1 heterocycles. The number of allylic oxidation sites excluding steroid dienone is 3. The highest BCUT2D eigenvalue weighted by molar-refractivity contribution is 6.00. The highest BCUT2D eigenvalue weighted by atomic mass is 16.5. The molecule has 0 aromatic carbocycles. The molecule has 2 saturated carbocycles. The molecule has 0 radical (unpaired) electrons. The van der Waals surface area contributed by atoms with E-state index in [1.807, 2.05) is 6.08 Å². The van der Waals surface area contributed by atoms with Crippen LogP contribution < -0.4 is 0 Å². The Balaban J connectivity index is 1.70. The Bertz CT molecular complexity index is 622. The summed E-state index contributed by atoms with van der Waals surface area (Å²) in [4.78, 5) is 23.7. The van der Waals surface area contributed by atoms with Gasteiger partial charge in [-0.15, -0.1) is 0 Å². The topological polar surface area (TPSA) is 83.8 Å². The van der Waals surface area contributed by atoms with E-state index in [9.17, 15) is 19.8 Å². The lowest BCUT2D eigenvalue weighted by Crippen LogP contribution is -2.50. The number of aliphatic carboxylic acids is 1. The minimum Gasteiger partial charge on any atom is -0.494 e. The van der Waals surface area contributed by atoms with Crippen LogP contribution in [0.3, 0.4) is 0 Å². The van der Waals surface area contributed by atoms with Gasteiger partial charge in [-0.1, -0.05) is 18.9 Å². The maximum atomic E-state index is 11.9. The summed E-state index contributed by atoms with van der Waals surface area (Å²) in [6.07, 6.45) is 10.5. The van der Waals surface area contributed by atoms with Gasteiger partial charge in [0.05, 0.1) is 12.0 Å². The first kappa shape index (κ1) is 16.8. The fourth-order valence-corrected chi connectivity index (χ4v) is 5.67. The first-order chi connectivity index (χ1) is 12.0. The summed E-state index contributed by atoms with van der Waals surface area (Å²) in [7, 11) is 0. The van der Waals surface area contributed by atoms with E-state index in [1.165, 1.54) is 0 Å². The summed E-state index contributed by atoms with van der Waals surface area (Å²) in [5.74, 6) is 0.169. The largest absolute Gasteiger partial charge is 0.494 e. The van der Waals surface area contributed by atoms with Gasteiger partial charge in [0, 0.05) is 24.3 Å². The van der Waals surface area contributed by atoms with E-state index in [0.29, 0.717) is 12.2 Å². The van der Waals surface area contributed by atoms with E-state index < -0.39 is 5.97 Å². The Morgan fingerprint density at radius 2 is 1.92 bits per heavy atom. The van der Waals surface area contributed by atoms with Crippen LogP contribution in [0.1, 0.15) is 44.9 Å². The normalized spacial score (nSPS) is 43.5. The lowest BCUT2D eigenvalue weighted by molar-refractivity contribution is -0.151. The van der Waals surface area contributed by atoms with Crippen LogP contribution in [0.25, 0.3) is 0 Å². The molecular formula is C20H26O5. The summed E-state index contributed by atoms with van der Waals surface area (Å²) in [5.41, 5.74) is 0. The second-order valence-corrected chi connectivity index (χ2v) is 8.09. The van der Waals surface area contributed by atoms with Crippen molar-refractivity contribution >= 4 is 11.8 Å². The summed E-state index contributed by atoms with van der Waals surface area (Å²) in [5, 5.41) is 19.8. The van der Waals surface area contributed by atoms with E-state index in [1.54, 1.807) is 12.2 Å². The molecule has 3 aliphatic carbocycles. The van der Waals surface area contributed by atoms with E-state index in [4.69, 9.17) is 4.74 Å². The third-order valence-electron chi connectivity index (χ3n) is 6.72. The third-order valence-corrected chi connectivity index (χ3v) is 6.72. The van der Waals surface area contributed by atoms with Crippen molar-refractivity contribution in [3.05, 3.63) is 24.0 Å². The van der Waals surface area contributed by atoms with Crippen LogP contribution in [0.15, 0.2) is 24.0 Å². The van der Waals surface area contributed by atoms with E-state index >= 15 is 0 Å². The summed E-state index contributed by atoms with van der Waals surface area (Å²) in [6, 6.07) is 0. The molecule has 0 amide bonds. The van der Waals surface area contributed by atoms with Gasteiger partial charge < -0.3 is 14.9 Å². The molecule has 0 bridgehead atoms. The Labute approximate surface area is 147 Å². The van der Waals surface area contributed by atoms with Gasteiger partial charge in [-0.3, -0.25) is 9.59 Å². The number of aliphatic hydroxyl groups is 1. The van der Waals surface area contributed by atoms with Crippen molar-refractivity contribution in [1.29, 1.82) is 0 Å². The zero-order valence-electron chi connectivity index (χ0n) is 14.3. The average Bonchev–Trinajstić information content (AvgIpc) is 2.59.